The van der Waals surface area contributed by atoms with E-state index in [1.807, 2.05) is 0 Å². The van der Waals surface area contributed by atoms with Crippen LogP contribution in [0.2, 0.25) is 0 Å². The number of para-hydroxylation sites is 1. The Labute approximate surface area is 91.7 Å². The van der Waals surface area contributed by atoms with Crippen LogP contribution in [-0.4, -0.2) is 18.3 Å². The van der Waals surface area contributed by atoms with E-state index in [4.69, 9.17) is 9.84 Å². The molecule has 0 spiro atoms. The topological polar surface area (TPSA) is 29.5 Å². The van der Waals surface area contributed by atoms with Gasteiger partial charge in [0.05, 0.1) is 12.2 Å². The molecule has 0 aliphatic carbocycles. The highest BCUT2D eigenvalue weighted by atomic mass is 19.4. The number of halogens is 3. The Morgan fingerprint density at radius 2 is 1.94 bits per heavy atom. The molecule has 1 atom stereocenters. The minimum absolute atomic E-state index is 0.0591. The van der Waals surface area contributed by atoms with Gasteiger partial charge in [-0.15, -0.1) is 0 Å². The number of hydrogen-bond donors (Lipinski definition) is 1. The van der Waals surface area contributed by atoms with E-state index in [-0.39, 0.29) is 24.9 Å². The normalized spacial score (nSPS) is 13.6. The highest BCUT2D eigenvalue weighted by Gasteiger charge is 2.34. The van der Waals surface area contributed by atoms with Crippen molar-refractivity contribution in [2.45, 2.75) is 13.1 Å². The largest absolute Gasteiger partial charge is 0.493 e. The van der Waals surface area contributed by atoms with Gasteiger partial charge in [-0.2, -0.15) is 13.2 Å². The zero-order valence-corrected chi connectivity index (χ0v) is 8.79. The van der Waals surface area contributed by atoms with Gasteiger partial charge in [0.15, 0.2) is 0 Å². The molecule has 5 heteroatoms. The van der Waals surface area contributed by atoms with Crippen LogP contribution in [0.1, 0.15) is 12.5 Å². The Bertz CT molecular complexity index is 336. The number of benzene rings is 1. The smallest absolute Gasteiger partial charge is 0.419 e. The Morgan fingerprint density at radius 1 is 1.31 bits per heavy atom. The summed E-state index contributed by atoms with van der Waals surface area (Å²) in [6.45, 7) is 1.63. The van der Waals surface area contributed by atoms with E-state index in [9.17, 15) is 13.2 Å². The number of rotatable bonds is 4. The van der Waals surface area contributed by atoms with Crippen molar-refractivity contribution >= 4 is 0 Å². The second-order valence-electron chi connectivity index (χ2n) is 3.59. The van der Waals surface area contributed by atoms with Gasteiger partial charge in [-0.3, -0.25) is 0 Å². The lowest BCUT2D eigenvalue weighted by atomic mass is 10.2. The highest BCUT2D eigenvalue weighted by molar-refractivity contribution is 5.35. The number of aliphatic hydroxyl groups excluding tert-OH is 1. The van der Waals surface area contributed by atoms with Gasteiger partial charge < -0.3 is 9.84 Å². The van der Waals surface area contributed by atoms with E-state index in [0.29, 0.717) is 0 Å². The summed E-state index contributed by atoms with van der Waals surface area (Å²) in [5.74, 6) is -0.392. The molecule has 1 unspecified atom stereocenters. The maximum Gasteiger partial charge on any atom is 0.419 e. The fraction of sp³-hybridized carbons (Fsp3) is 0.455. The molecule has 0 radical (unpaired) electrons. The number of aliphatic hydroxyl groups is 1. The summed E-state index contributed by atoms with van der Waals surface area (Å²) in [5.41, 5.74) is -0.792. The van der Waals surface area contributed by atoms with Crippen LogP contribution < -0.4 is 4.74 Å². The Hall–Kier alpha value is -1.23. The van der Waals surface area contributed by atoms with Crippen LogP contribution in [0.3, 0.4) is 0 Å². The molecule has 1 aromatic rings. The Morgan fingerprint density at radius 3 is 2.50 bits per heavy atom. The van der Waals surface area contributed by atoms with Crippen molar-refractivity contribution in [2.24, 2.45) is 5.92 Å². The third kappa shape index (κ3) is 3.41. The summed E-state index contributed by atoms with van der Waals surface area (Å²) in [4.78, 5) is 0. The van der Waals surface area contributed by atoms with Crippen LogP contribution in [0, 0.1) is 5.92 Å². The van der Waals surface area contributed by atoms with Gasteiger partial charge in [0.2, 0.25) is 0 Å². The van der Waals surface area contributed by atoms with Gasteiger partial charge in [0.1, 0.15) is 5.75 Å². The Kier molecular flexibility index (Phi) is 4.18. The molecule has 0 aromatic heterocycles. The van der Waals surface area contributed by atoms with E-state index in [1.54, 1.807) is 6.92 Å². The van der Waals surface area contributed by atoms with Gasteiger partial charge in [-0.25, -0.2) is 0 Å². The minimum Gasteiger partial charge on any atom is -0.493 e. The van der Waals surface area contributed by atoms with Crippen molar-refractivity contribution in [3.63, 3.8) is 0 Å². The number of hydrogen-bond acceptors (Lipinski definition) is 2. The van der Waals surface area contributed by atoms with Crippen molar-refractivity contribution in [2.75, 3.05) is 13.2 Å². The van der Waals surface area contributed by atoms with Crippen molar-refractivity contribution in [1.82, 2.24) is 0 Å². The summed E-state index contributed by atoms with van der Waals surface area (Å²) in [7, 11) is 0. The fourth-order valence-corrected chi connectivity index (χ4v) is 1.11. The molecular formula is C11H13F3O2. The zero-order valence-electron chi connectivity index (χ0n) is 8.79. The molecule has 0 saturated heterocycles. The van der Waals surface area contributed by atoms with Gasteiger partial charge in [-0.1, -0.05) is 19.1 Å². The minimum atomic E-state index is -4.42. The van der Waals surface area contributed by atoms with E-state index in [1.165, 1.54) is 18.2 Å². The molecule has 1 aromatic carbocycles. The molecule has 1 rings (SSSR count). The SMILES string of the molecule is CC(CO)COc1ccccc1C(F)(F)F. The van der Waals surface area contributed by atoms with Gasteiger partial charge >= 0.3 is 6.18 Å². The monoisotopic (exact) mass is 234 g/mol. The van der Waals surface area contributed by atoms with Crippen LogP contribution in [0.4, 0.5) is 13.2 Å². The zero-order chi connectivity index (χ0) is 12.2. The van der Waals surface area contributed by atoms with Crippen LogP contribution in [-0.2, 0) is 6.18 Å². The maximum atomic E-state index is 12.5. The predicted octanol–water partition coefficient (Wildman–Crippen LogP) is 2.71. The summed E-state index contributed by atoms with van der Waals surface area (Å²) in [6.07, 6.45) is -4.42. The Balaban J connectivity index is 2.80. The lowest BCUT2D eigenvalue weighted by Crippen LogP contribution is -2.15. The lowest BCUT2D eigenvalue weighted by Gasteiger charge is -2.15. The van der Waals surface area contributed by atoms with Crippen LogP contribution >= 0.6 is 0 Å². The van der Waals surface area contributed by atoms with E-state index in [0.717, 1.165) is 6.07 Å². The molecule has 0 aliphatic heterocycles. The average molecular weight is 234 g/mol. The second-order valence-corrected chi connectivity index (χ2v) is 3.59. The molecule has 1 N–H and O–H groups in total. The number of alkyl halides is 3. The first kappa shape index (κ1) is 12.8. The van der Waals surface area contributed by atoms with Gasteiger partial charge in [0, 0.05) is 12.5 Å². The highest BCUT2D eigenvalue weighted by Crippen LogP contribution is 2.35. The van der Waals surface area contributed by atoms with Crippen LogP contribution in [0.15, 0.2) is 24.3 Å². The molecule has 0 fully saturated rings. The second kappa shape index (κ2) is 5.21. The standard InChI is InChI=1S/C11H13F3O2/c1-8(6-15)7-16-10-5-3-2-4-9(10)11(12,13)14/h2-5,8,15H,6-7H2,1H3. The first-order valence-corrected chi connectivity index (χ1v) is 4.85. The first-order valence-electron chi connectivity index (χ1n) is 4.85. The molecule has 0 saturated carbocycles. The van der Waals surface area contributed by atoms with Crippen molar-refractivity contribution in [1.29, 1.82) is 0 Å². The quantitative estimate of drug-likeness (QED) is 0.867. The average Bonchev–Trinajstić information content (AvgIpc) is 2.25. The first-order chi connectivity index (χ1) is 7.45. The predicted molar refractivity (Wildman–Crippen MR) is 53.2 cm³/mol. The molecule has 0 amide bonds. The van der Waals surface area contributed by atoms with Crippen molar-refractivity contribution in [3.8, 4) is 5.75 Å². The fourth-order valence-electron chi connectivity index (χ4n) is 1.11. The molecule has 0 aliphatic rings. The van der Waals surface area contributed by atoms with Crippen molar-refractivity contribution in [3.05, 3.63) is 29.8 Å². The molecule has 90 valence electrons. The third-order valence-corrected chi connectivity index (χ3v) is 2.03. The molecule has 2 nitrogen and oxygen atoms in total. The summed E-state index contributed by atoms with van der Waals surface area (Å²) < 4.78 is 42.6. The van der Waals surface area contributed by atoms with Crippen molar-refractivity contribution < 1.29 is 23.0 Å². The maximum absolute atomic E-state index is 12.5. The lowest BCUT2D eigenvalue weighted by molar-refractivity contribution is -0.139. The van der Waals surface area contributed by atoms with Gasteiger partial charge in [0.25, 0.3) is 0 Å². The van der Waals surface area contributed by atoms with Crippen LogP contribution in [0.5, 0.6) is 5.75 Å². The van der Waals surface area contributed by atoms with E-state index in [2.05, 4.69) is 0 Å². The summed E-state index contributed by atoms with van der Waals surface area (Å²) in [6, 6.07) is 5.03. The third-order valence-electron chi connectivity index (χ3n) is 2.03. The molecule has 0 bridgehead atoms. The number of ether oxygens (including phenoxy) is 1. The molecule has 0 heterocycles. The van der Waals surface area contributed by atoms with E-state index < -0.39 is 11.7 Å². The molecule has 16 heavy (non-hydrogen) atoms. The van der Waals surface area contributed by atoms with Crippen LogP contribution in [0.25, 0.3) is 0 Å². The summed E-state index contributed by atoms with van der Waals surface area (Å²) >= 11 is 0. The molecular weight excluding hydrogens is 221 g/mol. The van der Waals surface area contributed by atoms with E-state index >= 15 is 0 Å². The summed E-state index contributed by atoms with van der Waals surface area (Å²) in [5, 5.41) is 8.74. The van der Waals surface area contributed by atoms with Gasteiger partial charge in [-0.05, 0) is 12.1 Å².